The third-order valence-electron chi connectivity index (χ3n) is 2.72. The average Bonchev–Trinajstić information content (AvgIpc) is 2.35. The molecule has 0 heterocycles. The SMILES string of the molecule is CCC(C)c1ccc(CNC(=O)C#N)cc1. The van der Waals surface area contributed by atoms with Crippen LogP contribution >= 0.6 is 0 Å². The second-order valence-corrected chi connectivity index (χ2v) is 3.85. The van der Waals surface area contributed by atoms with E-state index in [0.29, 0.717) is 12.5 Å². The van der Waals surface area contributed by atoms with Gasteiger partial charge in [-0.05, 0) is 23.5 Å². The van der Waals surface area contributed by atoms with Gasteiger partial charge in [-0.25, -0.2) is 0 Å². The van der Waals surface area contributed by atoms with Crippen LogP contribution in [0.4, 0.5) is 0 Å². The van der Waals surface area contributed by atoms with Crippen LogP contribution in [0, 0.1) is 11.3 Å². The molecule has 0 aliphatic rings. The summed E-state index contributed by atoms with van der Waals surface area (Å²) in [5.41, 5.74) is 2.31. The third kappa shape index (κ3) is 3.39. The van der Waals surface area contributed by atoms with Gasteiger partial charge in [0.25, 0.3) is 0 Å². The van der Waals surface area contributed by atoms with Crippen LogP contribution in [0.25, 0.3) is 0 Å². The molecule has 1 unspecified atom stereocenters. The van der Waals surface area contributed by atoms with Crippen LogP contribution < -0.4 is 5.32 Å². The van der Waals surface area contributed by atoms with Gasteiger partial charge in [0.15, 0.2) is 6.07 Å². The lowest BCUT2D eigenvalue weighted by atomic mass is 9.98. The lowest BCUT2D eigenvalue weighted by Crippen LogP contribution is -2.20. The Bertz CT molecular complexity index is 389. The van der Waals surface area contributed by atoms with Crippen LogP contribution in [0.1, 0.15) is 37.3 Å². The summed E-state index contributed by atoms with van der Waals surface area (Å²) in [4.78, 5) is 10.7. The van der Waals surface area contributed by atoms with E-state index in [1.54, 1.807) is 0 Å². The smallest absolute Gasteiger partial charge is 0.322 e. The summed E-state index contributed by atoms with van der Waals surface area (Å²) < 4.78 is 0. The van der Waals surface area contributed by atoms with Crippen LogP contribution in [0.3, 0.4) is 0 Å². The number of nitriles is 1. The molecule has 0 saturated heterocycles. The predicted molar refractivity (Wildman–Crippen MR) is 62.6 cm³/mol. The first-order valence-corrected chi connectivity index (χ1v) is 5.44. The van der Waals surface area contributed by atoms with E-state index in [4.69, 9.17) is 5.26 Å². The van der Waals surface area contributed by atoms with Gasteiger partial charge in [-0.3, -0.25) is 4.79 Å². The van der Waals surface area contributed by atoms with E-state index in [-0.39, 0.29) is 0 Å². The molecular formula is C13H16N2O. The third-order valence-corrected chi connectivity index (χ3v) is 2.72. The van der Waals surface area contributed by atoms with Gasteiger partial charge in [-0.15, -0.1) is 0 Å². The van der Waals surface area contributed by atoms with Crippen molar-refractivity contribution < 1.29 is 4.79 Å². The summed E-state index contributed by atoms with van der Waals surface area (Å²) in [7, 11) is 0. The molecule has 3 heteroatoms. The topological polar surface area (TPSA) is 52.9 Å². The van der Waals surface area contributed by atoms with Gasteiger partial charge in [0, 0.05) is 6.54 Å². The van der Waals surface area contributed by atoms with Gasteiger partial charge in [-0.2, -0.15) is 5.26 Å². The molecule has 0 aromatic heterocycles. The molecule has 84 valence electrons. The van der Waals surface area contributed by atoms with Crippen molar-refractivity contribution in [1.29, 1.82) is 5.26 Å². The molecule has 1 rings (SSSR count). The quantitative estimate of drug-likeness (QED) is 0.785. The van der Waals surface area contributed by atoms with Crippen LogP contribution in [0.15, 0.2) is 24.3 Å². The number of carbonyl (C=O) groups is 1. The molecule has 0 fully saturated rings. The van der Waals surface area contributed by atoms with Gasteiger partial charge in [0.1, 0.15) is 0 Å². The molecule has 1 aromatic carbocycles. The van der Waals surface area contributed by atoms with Gasteiger partial charge in [0.2, 0.25) is 0 Å². The number of hydrogen-bond acceptors (Lipinski definition) is 2. The van der Waals surface area contributed by atoms with Gasteiger partial charge < -0.3 is 5.32 Å². The van der Waals surface area contributed by atoms with Crippen molar-refractivity contribution in [2.24, 2.45) is 0 Å². The summed E-state index contributed by atoms with van der Waals surface area (Å²) in [6, 6.07) is 9.64. The number of rotatable bonds is 4. The van der Waals surface area contributed by atoms with Crippen molar-refractivity contribution in [3.63, 3.8) is 0 Å². The molecule has 0 saturated carbocycles. The standard InChI is InChI=1S/C13H16N2O/c1-3-10(2)12-6-4-11(5-7-12)9-15-13(16)8-14/h4-7,10H,3,9H2,1-2H3,(H,15,16). The monoisotopic (exact) mass is 216 g/mol. The van der Waals surface area contributed by atoms with E-state index in [2.05, 4.69) is 31.3 Å². The van der Waals surface area contributed by atoms with Crippen LogP contribution in [-0.4, -0.2) is 5.91 Å². The maximum Gasteiger partial charge on any atom is 0.322 e. The molecule has 3 nitrogen and oxygen atoms in total. The Balaban J connectivity index is 2.58. The van der Waals surface area contributed by atoms with Crippen molar-refractivity contribution in [2.45, 2.75) is 32.7 Å². The van der Waals surface area contributed by atoms with Crippen molar-refractivity contribution in [3.8, 4) is 6.07 Å². The number of carbonyl (C=O) groups excluding carboxylic acids is 1. The summed E-state index contributed by atoms with van der Waals surface area (Å²) in [6.45, 7) is 4.76. The summed E-state index contributed by atoms with van der Waals surface area (Å²) in [5.74, 6) is -0.0336. The molecule has 1 atom stereocenters. The molecular weight excluding hydrogens is 200 g/mol. The highest BCUT2D eigenvalue weighted by atomic mass is 16.1. The van der Waals surface area contributed by atoms with E-state index < -0.39 is 5.91 Å². The van der Waals surface area contributed by atoms with Crippen molar-refractivity contribution in [1.82, 2.24) is 5.32 Å². The highest BCUT2D eigenvalue weighted by molar-refractivity contribution is 5.91. The number of amides is 1. The minimum absolute atomic E-state index is 0.410. The van der Waals surface area contributed by atoms with Crippen molar-refractivity contribution in [3.05, 3.63) is 35.4 Å². The van der Waals surface area contributed by atoms with Gasteiger partial charge >= 0.3 is 5.91 Å². The Hall–Kier alpha value is -1.82. The molecule has 0 bridgehead atoms. The Morgan fingerprint density at radius 1 is 1.44 bits per heavy atom. The fraction of sp³-hybridized carbons (Fsp3) is 0.385. The minimum atomic E-state index is -0.592. The Morgan fingerprint density at radius 3 is 2.56 bits per heavy atom. The Kier molecular flexibility index (Phi) is 4.53. The van der Waals surface area contributed by atoms with E-state index in [0.717, 1.165) is 12.0 Å². The second kappa shape index (κ2) is 5.92. The number of benzene rings is 1. The molecule has 0 aliphatic carbocycles. The fourth-order valence-electron chi connectivity index (χ4n) is 1.42. The first-order chi connectivity index (χ1) is 7.67. The minimum Gasteiger partial charge on any atom is -0.339 e. The zero-order valence-corrected chi connectivity index (χ0v) is 9.66. The van der Waals surface area contributed by atoms with Gasteiger partial charge in [-0.1, -0.05) is 38.1 Å². The first-order valence-electron chi connectivity index (χ1n) is 5.44. The van der Waals surface area contributed by atoms with Crippen molar-refractivity contribution in [2.75, 3.05) is 0 Å². The molecule has 1 N–H and O–H groups in total. The molecule has 1 aromatic rings. The number of nitrogens with one attached hydrogen (secondary N) is 1. The van der Waals surface area contributed by atoms with Crippen molar-refractivity contribution >= 4 is 5.91 Å². The number of nitrogens with zero attached hydrogens (tertiary/aromatic N) is 1. The Morgan fingerprint density at radius 2 is 2.06 bits per heavy atom. The van der Waals surface area contributed by atoms with Crippen LogP contribution in [0.5, 0.6) is 0 Å². The highest BCUT2D eigenvalue weighted by Gasteiger charge is 2.03. The molecule has 0 radical (unpaired) electrons. The summed E-state index contributed by atoms with van der Waals surface area (Å²) in [6.07, 6.45) is 1.12. The molecule has 0 aliphatic heterocycles. The fourth-order valence-corrected chi connectivity index (χ4v) is 1.42. The van der Waals surface area contributed by atoms with E-state index in [9.17, 15) is 4.79 Å². The molecule has 1 amide bonds. The largest absolute Gasteiger partial charge is 0.339 e. The lowest BCUT2D eigenvalue weighted by molar-refractivity contribution is -0.116. The highest BCUT2D eigenvalue weighted by Crippen LogP contribution is 2.18. The van der Waals surface area contributed by atoms with Crippen LogP contribution in [0.2, 0.25) is 0 Å². The molecule has 0 spiro atoms. The van der Waals surface area contributed by atoms with Gasteiger partial charge in [0.05, 0.1) is 0 Å². The maximum atomic E-state index is 10.7. The lowest BCUT2D eigenvalue weighted by Gasteiger charge is -2.09. The van der Waals surface area contributed by atoms with E-state index in [1.807, 2.05) is 12.1 Å². The zero-order chi connectivity index (χ0) is 12.0. The van der Waals surface area contributed by atoms with E-state index >= 15 is 0 Å². The molecule has 16 heavy (non-hydrogen) atoms. The number of hydrogen-bond donors (Lipinski definition) is 1. The average molecular weight is 216 g/mol. The second-order valence-electron chi connectivity index (χ2n) is 3.85. The first kappa shape index (κ1) is 12.3. The van der Waals surface area contributed by atoms with E-state index in [1.165, 1.54) is 11.6 Å². The zero-order valence-electron chi connectivity index (χ0n) is 9.66. The predicted octanol–water partition coefficient (Wildman–Crippen LogP) is 2.34. The maximum absolute atomic E-state index is 10.7. The Labute approximate surface area is 96.1 Å². The normalized spacial score (nSPS) is 11.6. The summed E-state index contributed by atoms with van der Waals surface area (Å²) >= 11 is 0. The summed E-state index contributed by atoms with van der Waals surface area (Å²) in [5, 5.41) is 10.8. The van der Waals surface area contributed by atoms with Crippen LogP contribution in [-0.2, 0) is 11.3 Å².